The lowest BCUT2D eigenvalue weighted by molar-refractivity contribution is -0.114. The zero-order valence-electron chi connectivity index (χ0n) is 9.96. The van der Waals surface area contributed by atoms with Gasteiger partial charge in [-0.1, -0.05) is 50.8 Å². The average Bonchev–Trinajstić information content (AvgIpc) is 2.21. The van der Waals surface area contributed by atoms with Crippen LogP contribution in [0.2, 0.25) is 0 Å². The van der Waals surface area contributed by atoms with E-state index in [0.717, 1.165) is 6.42 Å². The molecule has 86 valence electrons. The summed E-state index contributed by atoms with van der Waals surface area (Å²) < 4.78 is 0. The quantitative estimate of drug-likeness (QED) is 0.372. The lowest BCUT2D eigenvalue weighted by atomic mass is 10.1. The monoisotopic (exact) mass is 209 g/mol. The molecule has 2 N–H and O–H groups in total. The van der Waals surface area contributed by atoms with E-state index in [1.807, 2.05) is 6.08 Å². The molecule has 0 bridgehead atoms. The standard InChI is InChI=1S/C13H23NO/c1-3-4-5-6-7-8-9-10-11-12(2)13(14)15/h9-11H,3-8H2,1-2H3,(H2,14,15). The summed E-state index contributed by atoms with van der Waals surface area (Å²) in [5.41, 5.74) is 5.70. The molecule has 0 aliphatic carbocycles. The van der Waals surface area contributed by atoms with Gasteiger partial charge in [0.05, 0.1) is 0 Å². The van der Waals surface area contributed by atoms with Crippen LogP contribution in [0.5, 0.6) is 0 Å². The van der Waals surface area contributed by atoms with Gasteiger partial charge in [-0.25, -0.2) is 0 Å². The summed E-state index contributed by atoms with van der Waals surface area (Å²) in [7, 11) is 0. The number of primary amides is 1. The number of hydrogen-bond donors (Lipinski definition) is 1. The molecule has 0 heterocycles. The van der Waals surface area contributed by atoms with Crippen molar-refractivity contribution in [3.05, 3.63) is 23.8 Å². The second-order valence-electron chi connectivity index (χ2n) is 3.84. The van der Waals surface area contributed by atoms with E-state index in [1.54, 1.807) is 13.0 Å². The largest absolute Gasteiger partial charge is 0.366 e. The molecule has 0 aromatic heterocycles. The number of carbonyl (C=O) groups excluding carboxylic acids is 1. The van der Waals surface area contributed by atoms with Crippen LogP contribution < -0.4 is 5.73 Å². The summed E-state index contributed by atoms with van der Waals surface area (Å²) in [6.45, 7) is 3.95. The summed E-state index contributed by atoms with van der Waals surface area (Å²) in [6, 6.07) is 0. The predicted octanol–water partition coefficient (Wildman–Crippen LogP) is 3.33. The highest BCUT2D eigenvalue weighted by atomic mass is 16.1. The topological polar surface area (TPSA) is 43.1 Å². The molecule has 0 spiro atoms. The lowest BCUT2D eigenvalue weighted by Gasteiger charge is -1.95. The maximum Gasteiger partial charge on any atom is 0.244 e. The average molecular weight is 209 g/mol. The number of allylic oxidation sites excluding steroid dienone is 3. The third-order valence-electron chi connectivity index (χ3n) is 2.35. The van der Waals surface area contributed by atoms with Crippen molar-refractivity contribution in [2.75, 3.05) is 0 Å². The van der Waals surface area contributed by atoms with E-state index in [-0.39, 0.29) is 5.91 Å². The van der Waals surface area contributed by atoms with Crippen LogP contribution in [0, 0.1) is 0 Å². The maximum absolute atomic E-state index is 10.7. The molecule has 0 aromatic carbocycles. The molecule has 0 unspecified atom stereocenters. The first-order valence-corrected chi connectivity index (χ1v) is 5.81. The number of hydrogen-bond acceptors (Lipinski definition) is 1. The molecule has 0 aromatic rings. The van der Waals surface area contributed by atoms with Crippen molar-refractivity contribution in [2.24, 2.45) is 5.73 Å². The van der Waals surface area contributed by atoms with Crippen molar-refractivity contribution in [1.82, 2.24) is 0 Å². The second kappa shape index (κ2) is 9.50. The molecule has 0 rings (SSSR count). The van der Waals surface area contributed by atoms with Crippen LogP contribution in [0.15, 0.2) is 23.8 Å². The van der Waals surface area contributed by atoms with Crippen molar-refractivity contribution >= 4 is 5.91 Å². The van der Waals surface area contributed by atoms with Gasteiger partial charge in [-0.2, -0.15) is 0 Å². The molecule has 0 saturated heterocycles. The summed E-state index contributed by atoms with van der Waals surface area (Å²) in [4.78, 5) is 10.7. The van der Waals surface area contributed by atoms with Gasteiger partial charge in [-0.15, -0.1) is 0 Å². The third kappa shape index (κ3) is 9.26. The van der Waals surface area contributed by atoms with Crippen LogP contribution in [0.25, 0.3) is 0 Å². The third-order valence-corrected chi connectivity index (χ3v) is 2.35. The van der Waals surface area contributed by atoms with Gasteiger partial charge in [0.15, 0.2) is 0 Å². The summed E-state index contributed by atoms with van der Waals surface area (Å²) in [5.74, 6) is -0.345. The highest BCUT2D eigenvalue weighted by Crippen LogP contribution is 2.05. The van der Waals surface area contributed by atoms with Crippen molar-refractivity contribution in [1.29, 1.82) is 0 Å². The normalized spacial score (nSPS) is 12.3. The SMILES string of the molecule is CCCCCCCC=CC=C(C)C(N)=O. The van der Waals surface area contributed by atoms with Crippen molar-refractivity contribution in [3.8, 4) is 0 Å². The van der Waals surface area contributed by atoms with E-state index in [0.29, 0.717) is 5.57 Å². The van der Waals surface area contributed by atoms with E-state index in [9.17, 15) is 4.79 Å². The van der Waals surface area contributed by atoms with Crippen LogP contribution in [0.4, 0.5) is 0 Å². The van der Waals surface area contributed by atoms with E-state index in [4.69, 9.17) is 5.73 Å². The number of amides is 1. The smallest absolute Gasteiger partial charge is 0.244 e. The Labute approximate surface area is 93.2 Å². The minimum Gasteiger partial charge on any atom is -0.366 e. The van der Waals surface area contributed by atoms with E-state index >= 15 is 0 Å². The Morgan fingerprint density at radius 1 is 1.20 bits per heavy atom. The van der Waals surface area contributed by atoms with E-state index < -0.39 is 0 Å². The van der Waals surface area contributed by atoms with Gasteiger partial charge in [0.2, 0.25) is 5.91 Å². The molecule has 0 saturated carbocycles. The van der Waals surface area contributed by atoms with Gasteiger partial charge in [-0.05, 0) is 19.8 Å². The lowest BCUT2D eigenvalue weighted by Crippen LogP contribution is -2.11. The fraction of sp³-hybridized carbons (Fsp3) is 0.615. The molecular formula is C13H23NO. The number of nitrogens with two attached hydrogens (primary N) is 1. The maximum atomic E-state index is 10.7. The summed E-state index contributed by atoms with van der Waals surface area (Å²) in [6.07, 6.45) is 13.4. The summed E-state index contributed by atoms with van der Waals surface area (Å²) >= 11 is 0. The zero-order valence-corrected chi connectivity index (χ0v) is 9.96. The first kappa shape index (κ1) is 13.9. The molecule has 0 radical (unpaired) electrons. The van der Waals surface area contributed by atoms with Crippen molar-refractivity contribution in [2.45, 2.75) is 52.4 Å². The molecule has 0 fully saturated rings. The molecule has 2 heteroatoms. The van der Waals surface area contributed by atoms with Gasteiger partial charge < -0.3 is 5.73 Å². The molecule has 1 amide bonds. The van der Waals surface area contributed by atoms with Crippen molar-refractivity contribution in [3.63, 3.8) is 0 Å². The Morgan fingerprint density at radius 3 is 2.47 bits per heavy atom. The molecule has 0 aliphatic heterocycles. The Bertz CT molecular complexity index is 229. The molecule has 0 atom stereocenters. The first-order chi connectivity index (χ1) is 7.18. The highest BCUT2D eigenvalue weighted by molar-refractivity contribution is 5.91. The fourth-order valence-corrected chi connectivity index (χ4v) is 1.26. The van der Waals surface area contributed by atoms with E-state index in [2.05, 4.69) is 13.0 Å². The first-order valence-electron chi connectivity index (χ1n) is 5.81. The van der Waals surface area contributed by atoms with Crippen LogP contribution in [0.1, 0.15) is 52.4 Å². The number of unbranched alkanes of at least 4 members (excludes halogenated alkanes) is 5. The molecule has 2 nitrogen and oxygen atoms in total. The van der Waals surface area contributed by atoms with E-state index in [1.165, 1.54) is 32.1 Å². The Balaban J connectivity index is 3.47. The van der Waals surface area contributed by atoms with Gasteiger partial charge in [0, 0.05) is 5.57 Å². The van der Waals surface area contributed by atoms with Gasteiger partial charge in [-0.3, -0.25) is 4.79 Å². The second-order valence-corrected chi connectivity index (χ2v) is 3.84. The number of carbonyl (C=O) groups is 1. The zero-order chi connectivity index (χ0) is 11.5. The van der Waals surface area contributed by atoms with Crippen LogP contribution in [0.3, 0.4) is 0 Å². The van der Waals surface area contributed by atoms with Crippen LogP contribution in [-0.4, -0.2) is 5.91 Å². The molecular weight excluding hydrogens is 186 g/mol. The summed E-state index contributed by atoms with van der Waals surface area (Å²) in [5, 5.41) is 0. The van der Waals surface area contributed by atoms with Crippen LogP contribution in [-0.2, 0) is 4.79 Å². The minimum atomic E-state index is -0.345. The van der Waals surface area contributed by atoms with Gasteiger partial charge in [0.1, 0.15) is 0 Å². The van der Waals surface area contributed by atoms with Gasteiger partial charge in [0.25, 0.3) is 0 Å². The molecule has 0 aliphatic rings. The van der Waals surface area contributed by atoms with Crippen LogP contribution >= 0.6 is 0 Å². The predicted molar refractivity (Wildman–Crippen MR) is 65.5 cm³/mol. The molecule has 15 heavy (non-hydrogen) atoms. The minimum absolute atomic E-state index is 0.345. The Kier molecular flexibility index (Phi) is 8.84. The van der Waals surface area contributed by atoms with Crippen molar-refractivity contribution < 1.29 is 4.79 Å². The van der Waals surface area contributed by atoms with Gasteiger partial charge >= 0.3 is 0 Å². The fourth-order valence-electron chi connectivity index (χ4n) is 1.26. The number of rotatable bonds is 8. The highest BCUT2D eigenvalue weighted by Gasteiger charge is 1.92. The Morgan fingerprint density at radius 2 is 1.87 bits per heavy atom. The Hall–Kier alpha value is -1.05.